The van der Waals surface area contributed by atoms with E-state index in [9.17, 15) is 4.79 Å². The van der Waals surface area contributed by atoms with E-state index in [1.807, 2.05) is 44.2 Å². The smallest absolute Gasteiger partial charge is 0.344 e. The second kappa shape index (κ2) is 7.48. The van der Waals surface area contributed by atoms with Crippen molar-refractivity contribution in [1.29, 1.82) is 0 Å². The molecule has 1 rings (SSSR count). The zero-order valence-electron chi connectivity index (χ0n) is 15.7. The van der Waals surface area contributed by atoms with Crippen molar-refractivity contribution in [3.8, 4) is 0 Å². The monoisotopic (exact) mass is 351 g/mol. The second-order valence-electron chi connectivity index (χ2n) is 7.85. The van der Waals surface area contributed by atoms with Crippen LogP contribution in [0.15, 0.2) is 35.5 Å². The van der Waals surface area contributed by atoms with Crippen LogP contribution in [-0.2, 0) is 14.1 Å². The fourth-order valence-electron chi connectivity index (χ4n) is 2.10. The van der Waals surface area contributed by atoms with Crippen LogP contribution in [0, 0.1) is 0 Å². The van der Waals surface area contributed by atoms with E-state index >= 15 is 0 Å². The first-order valence-electron chi connectivity index (χ1n) is 8.05. The predicted octanol–water partition coefficient (Wildman–Crippen LogP) is 4.29. The molecule has 0 amide bonds. The van der Waals surface area contributed by atoms with Gasteiger partial charge in [0.2, 0.25) is 6.61 Å². The molecule has 1 aromatic rings. The summed E-state index contributed by atoms with van der Waals surface area (Å²) in [5.41, 5.74) is 0.740. The molecule has 0 unspecified atom stereocenters. The highest BCUT2D eigenvalue weighted by molar-refractivity contribution is 6.74. The summed E-state index contributed by atoms with van der Waals surface area (Å²) < 4.78 is 6.54. The van der Waals surface area contributed by atoms with Crippen molar-refractivity contribution in [3.05, 3.63) is 35.9 Å². The standard InChI is InChI=1S/C18H29NO4Si/c1-17(2,3)24(6,7)23-18(4,5)16(19-22-13-15(20)21)14-11-9-8-10-12-14/h8-12H,13H2,1-7H3,(H,20,21)/b19-16+. The fraction of sp³-hybridized carbons (Fsp3) is 0.556. The van der Waals surface area contributed by atoms with Gasteiger partial charge in [0.25, 0.3) is 0 Å². The van der Waals surface area contributed by atoms with Crippen LogP contribution in [0.3, 0.4) is 0 Å². The van der Waals surface area contributed by atoms with E-state index < -0.39 is 26.5 Å². The van der Waals surface area contributed by atoms with E-state index in [0.29, 0.717) is 5.71 Å². The summed E-state index contributed by atoms with van der Waals surface area (Å²) in [5.74, 6) is -1.06. The number of carboxylic acids is 1. The Morgan fingerprint density at radius 2 is 1.67 bits per heavy atom. The molecule has 0 heterocycles. The molecule has 0 aliphatic heterocycles. The van der Waals surface area contributed by atoms with E-state index in [-0.39, 0.29) is 5.04 Å². The SMILES string of the molecule is CC(C)(O[Si](C)(C)C(C)(C)C)/C(=N/OCC(=O)O)c1ccccc1. The molecule has 5 nitrogen and oxygen atoms in total. The molecule has 1 N–H and O–H groups in total. The Morgan fingerprint density at radius 1 is 1.12 bits per heavy atom. The lowest BCUT2D eigenvalue weighted by molar-refractivity contribution is -0.142. The van der Waals surface area contributed by atoms with Crippen LogP contribution in [-0.4, -0.2) is 37.3 Å². The lowest BCUT2D eigenvalue weighted by Gasteiger charge is -2.43. The van der Waals surface area contributed by atoms with Crippen LogP contribution in [0.2, 0.25) is 18.1 Å². The number of hydrogen-bond donors (Lipinski definition) is 1. The average molecular weight is 352 g/mol. The van der Waals surface area contributed by atoms with Crippen molar-refractivity contribution in [3.63, 3.8) is 0 Å². The Hall–Kier alpha value is -1.66. The number of nitrogens with zero attached hydrogens (tertiary/aromatic N) is 1. The van der Waals surface area contributed by atoms with Crippen molar-refractivity contribution in [1.82, 2.24) is 0 Å². The largest absolute Gasteiger partial charge is 0.479 e. The first kappa shape index (κ1) is 20.4. The van der Waals surface area contributed by atoms with Gasteiger partial charge in [-0.1, -0.05) is 56.3 Å². The fourth-order valence-corrected chi connectivity index (χ4v) is 3.78. The molecule has 0 saturated heterocycles. The number of benzene rings is 1. The van der Waals surface area contributed by atoms with Crippen molar-refractivity contribution < 1.29 is 19.2 Å². The normalized spacial score (nSPS) is 13.7. The zero-order valence-corrected chi connectivity index (χ0v) is 16.7. The summed E-state index contributed by atoms with van der Waals surface area (Å²) in [6.45, 7) is 14.3. The van der Waals surface area contributed by atoms with Gasteiger partial charge in [0.15, 0.2) is 8.32 Å². The molecule has 134 valence electrons. The van der Waals surface area contributed by atoms with Crippen LogP contribution >= 0.6 is 0 Å². The van der Waals surface area contributed by atoms with Gasteiger partial charge in [0.05, 0.1) is 5.60 Å². The predicted molar refractivity (Wildman–Crippen MR) is 98.9 cm³/mol. The van der Waals surface area contributed by atoms with E-state index in [1.165, 1.54) is 0 Å². The van der Waals surface area contributed by atoms with Crippen LogP contribution in [0.1, 0.15) is 40.2 Å². The Balaban J connectivity index is 3.19. The zero-order chi connectivity index (χ0) is 18.6. The molecule has 0 radical (unpaired) electrons. The number of rotatable bonds is 7. The number of carbonyl (C=O) groups is 1. The van der Waals surface area contributed by atoms with Gasteiger partial charge >= 0.3 is 5.97 Å². The molecule has 0 aliphatic rings. The van der Waals surface area contributed by atoms with Gasteiger partial charge in [-0.15, -0.1) is 0 Å². The highest BCUT2D eigenvalue weighted by Crippen LogP contribution is 2.39. The molecule has 0 spiro atoms. The maximum absolute atomic E-state index is 10.7. The maximum atomic E-state index is 10.7. The van der Waals surface area contributed by atoms with Gasteiger partial charge in [0.1, 0.15) is 5.71 Å². The molecule has 24 heavy (non-hydrogen) atoms. The average Bonchev–Trinajstić information content (AvgIpc) is 2.41. The number of oxime groups is 1. The molecule has 0 saturated carbocycles. The summed E-state index contributed by atoms with van der Waals surface area (Å²) in [7, 11) is -2.05. The number of aliphatic carboxylic acids is 1. The summed E-state index contributed by atoms with van der Waals surface area (Å²) in [6.07, 6.45) is 0. The Bertz CT molecular complexity index is 589. The molecule has 0 atom stereocenters. The molecule has 0 aromatic heterocycles. The van der Waals surface area contributed by atoms with E-state index in [2.05, 4.69) is 39.0 Å². The highest BCUT2D eigenvalue weighted by atomic mass is 28.4. The summed E-state index contributed by atoms with van der Waals surface area (Å²) >= 11 is 0. The second-order valence-corrected chi connectivity index (χ2v) is 12.6. The molecule has 1 aromatic carbocycles. The third-order valence-electron chi connectivity index (χ3n) is 4.28. The van der Waals surface area contributed by atoms with Gasteiger partial charge in [-0.3, -0.25) is 0 Å². The van der Waals surface area contributed by atoms with Gasteiger partial charge < -0.3 is 14.4 Å². The molecular formula is C18H29NO4Si. The van der Waals surface area contributed by atoms with Crippen LogP contribution in [0.5, 0.6) is 0 Å². The first-order valence-corrected chi connectivity index (χ1v) is 11.0. The van der Waals surface area contributed by atoms with Crippen LogP contribution in [0.4, 0.5) is 0 Å². The van der Waals surface area contributed by atoms with Gasteiger partial charge in [-0.05, 0) is 32.0 Å². The lowest BCUT2D eigenvalue weighted by atomic mass is 9.96. The lowest BCUT2D eigenvalue weighted by Crippen LogP contribution is -2.51. The minimum Gasteiger partial charge on any atom is -0.479 e. The van der Waals surface area contributed by atoms with Gasteiger partial charge in [0, 0.05) is 5.56 Å². The number of carboxylic acid groups (broad SMARTS) is 1. The van der Waals surface area contributed by atoms with E-state index in [1.54, 1.807) is 0 Å². The minimum absolute atomic E-state index is 0.0496. The Labute approximate surface area is 145 Å². The quantitative estimate of drug-likeness (QED) is 0.452. The van der Waals surface area contributed by atoms with Crippen molar-refractivity contribution >= 4 is 20.0 Å². The van der Waals surface area contributed by atoms with Crippen LogP contribution in [0.25, 0.3) is 0 Å². The van der Waals surface area contributed by atoms with Crippen molar-refractivity contribution in [2.24, 2.45) is 5.16 Å². The third-order valence-corrected chi connectivity index (χ3v) is 8.91. The molecular weight excluding hydrogens is 322 g/mol. The Kier molecular flexibility index (Phi) is 6.36. The number of hydrogen-bond acceptors (Lipinski definition) is 4. The summed E-state index contributed by atoms with van der Waals surface area (Å²) in [4.78, 5) is 15.7. The maximum Gasteiger partial charge on any atom is 0.344 e. The minimum atomic E-state index is -2.05. The third kappa shape index (κ3) is 5.45. The van der Waals surface area contributed by atoms with Gasteiger partial charge in [-0.2, -0.15) is 0 Å². The summed E-state index contributed by atoms with van der Waals surface area (Å²) in [5, 5.41) is 12.9. The van der Waals surface area contributed by atoms with Crippen molar-refractivity contribution in [2.75, 3.05) is 6.61 Å². The van der Waals surface area contributed by atoms with E-state index in [0.717, 1.165) is 5.56 Å². The van der Waals surface area contributed by atoms with E-state index in [4.69, 9.17) is 14.4 Å². The van der Waals surface area contributed by atoms with Crippen molar-refractivity contribution in [2.45, 2.75) is 58.4 Å². The molecule has 6 heteroatoms. The topological polar surface area (TPSA) is 68.1 Å². The molecule has 0 fully saturated rings. The Morgan fingerprint density at radius 3 is 2.12 bits per heavy atom. The van der Waals surface area contributed by atoms with Gasteiger partial charge in [-0.25, -0.2) is 4.79 Å². The highest BCUT2D eigenvalue weighted by Gasteiger charge is 2.43. The molecule has 0 aliphatic carbocycles. The first-order chi connectivity index (χ1) is 10.9. The van der Waals surface area contributed by atoms with Crippen LogP contribution < -0.4 is 0 Å². The molecule has 0 bridgehead atoms. The summed E-state index contributed by atoms with van der Waals surface area (Å²) in [6, 6.07) is 9.56.